The van der Waals surface area contributed by atoms with Crippen LogP contribution in [0.5, 0.6) is 0 Å². The second kappa shape index (κ2) is 3.54. The van der Waals surface area contributed by atoms with Crippen molar-refractivity contribution in [2.24, 2.45) is 23.5 Å². The molecule has 80 valence electrons. The van der Waals surface area contributed by atoms with E-state index < -0.39 is 0 Å². The van der Waals surface area contributed by atoms with Crippen LogP contribution >= 0.6 is 0 Å². The fourth-order valence-electron chi connectivity index (χ4n) is 2.58. The Morgan fingerprint density at radius 1 is 1.21 bits per heavy atom. The molecule has 4 atom stereocenters. The first-order chi connectivity index (χ1) is 6.58. The van der Waals surface area contributed by atoms with Gasteiger partial charge in [0.15, 0.2) is 0 Å². The second-order valence-corrected chi connectivity index (χ2v) is 5.20. The van der Waals surface area contributed by atoms with E-state index in [1.54, 1.807) is 0 Å². The van der Waals surface area contributed by atoms with E-state index in [1.807, 2.05) is 4.90 Å². The summed E-state index contributed by atoms with van der Waals surface area (Å²) in [5.74, 6) is 1.75. The maximum absolute atomic E-state index is 11.9. The van der Waals surface area contributed by atoms with E-state index in [9.17, 15) is 4.79 Å². The summed E-state index contributed by atoms with van der Waals surface area (Å²) in [7, 11) is 0. The van der Waals surface area contributed by atoms with E-state index in [-0.39, 0.29) is 12.0 Å². The zero-order valence-electron chi connectivity index (χ0n) is 9.07. The lowest BCUT2D eigenvalue weighted by Gasteiger charge is -2.35. The van der Waals surface area contributed by atoms with Gasteiger partial charge in [-0.2, -0.15) is 0 Å². The number of hydrogen-bond donors (Lipinski definition) is 1. The predicted octanol–water partition coefficient (Wildman–Crippen LogP) is 0.838. The number of nitrogens with zero attached hydrogens (tertiary/aromatic N) is 1. The minimum atomic E-state index is 0.146. The van der Waals surface area contributed by atoms with Gasteiger partial charge in [0.2, 0.25) is 5.91 Å². The summed E-state index contributed by atoms with van der Waals surface area (Å²) in [6.07, 6.45) is 2.15. The fraction of sp³-hybridized carbons (Fsp3) is 0.909. The number of rotatable bonds is 1. The van der Waals surface area contributed by atoms with Crippen molar-refractivity contribution in [1.82, 2.24) is 4.90 Å². The predicted molar refractivity (Wildman–Crippen MR) is 55.6 cm³/mol. The van der Waals surface area contributed by atoms with Gasteiger partial charge in [0.25, 0.3) is 0 Å². The van der Waals surface area contributed by atoms with Crippen LogP contribution in [0.25, 0.3) is 0 Å². The number of nitrogens with two attached hydrogens (primary N) is 1. The van der Waals surface area contributed by atoms with E-state index >= 15 is 0 Å². The van der Waals surface area contributed by atoms with E-state index in [0.29, 0.717) is 17.7 Å². The van der Waals surface area contributed by atoms with Crippen LogP contribution in [0.3, 0.4) is 0 Å². The Balaban J connectivity index is 1.93. The smallest absolute Gasteiger partial charge is 0.227 e. The number of amides is 1. The molecule has 0 bridgehead atoms. The first kappa shape index (κ1) is 9.97. The topological polar surface area (TPSA) is 46.3 Å². The zero-order chi connectivity index (χ0) is 10.3. The zero-order valence-corrected chi connectivity index (χ0v) is 9.07. The molecule has 1 saturated carbocycles. The highest BCUT2D eigenvalue weighted by Gasteiger charge is 2.43. The van der Waals surface area contributed by atoms with Crippen molar-refractivity contribution in [3.05, 3.63) is 0 Å². The van der Waals surface area contributed by atoms with Crippen molar-refractivity contribution >= 4 is 5.91 Å². The van der Waals surface area contributed by atoms with Crippen molar-refractivity contribution in [1.29, 1.82) is 0 Å². The molecule has 4 unspecified atom stereocenters. The number of carbonyl (C=O) groups is 1. The van der Waals surface area contributed by atoms with Crippen LogP contribution in [0.2, 0.25) is 0 Å². The van der Waals surface area contributed by atoms with Crippen LogP contribution in [0.4, 0.5) is 0 Å². The summed E-state index contributed by atoms with van der Waals surface area (Å²) in [6, 6.07) is 0.148. The molecular formula is C11H20N2O. The molecule has 1 aliphatic heterocycles. The second-order valence-electron chi connectivity index (χ2n) is 5.20. The van der Waals surface area contributed by atoms with Gasteiger partial charge in [0.05, 0.1) is 5.92 Å². The largest absolute Gasteiger partial charge is 0.342 e. The highest BCUT2D eigenvalue weighted by atomic mass is 16.2. The maximum Gasteiger partial charge on any atom is 0.227 e. The minimum Gasteiger partial charge on any atom is -0.342 e. The molecule has 1 amide bonds. The van der Waals surface area contributed by atoms with Crippen LogP contribution in [0.1, 0.15) is 26.7 Å². The summed E-state index contributed by atoms with van der Waals surface area (Å²) in [4.78, 5) is 13.9. The Bertz CT molecular complexity index is 231. The first-order valence-corrected chi connectivity index (χ1v) is 5.62. The number of likely N-dealkylation sites (tertiary alicyclic amines) is 1. The molecule has 0 aromatic rings. The Labute approximate surface area is 85.6 Å². The number of piperidine rings is 1. The highest BCUT2D eigenvalue weighted by Crippen LogP contribution is 2.32. The standard InChI is InChI=1S/C11H20N2O/c1-7-3-8(2)6-13(5-7)11(14)9-4-10(9)12/h7-10H,3-6,12H2,1-2H3. The van der Waals surface area contributed by atoms with Crippen molar-refractivity contribution in [3.63, 3.8) is 0 Å². The molecule has 1 heterocycles. The van der Waals surface area contributed by atoms with E-state index in [1.165, 1.54) is 6.42 Å². The van der Waals surface area contributed by atoms with Gasteiger partial charge in [-0.05, 0) is 24.7 Å². The molecule has 0 aromatic heterocycles. The lowest BCUT2D eigenvalue weighted by Crippen LogP contribution is -2.44. The average Bonchev–Trinajstić information content (AvgIpc) is 2.79. The van der Waals surface area contributed by atoms with Gasteiger partial charge in [-0.1, -0.05) is 13.8 Å². The molecule has 1 saturated heterocycles. The van der Waals surface area contributed by atoms with Crippen molar-refractivity contribution < 1.29 is 4.79 Å². The fourth-order valence-corrected chi connectivity index (χ4v) is 2.58. The van der Waals surface area contributed by atoms with Crippen LogP contribution in [0, 0.1) is 17.8 Å². The summed E-state index contributed by atoms with van der Waals surface area (Å²) < 4.78 is 0. The summed E-state index contributed by atoms with van der Waals surface area (Å²) in [5, 5.41) is 0. The third kappa shape index (κ3) is 1.92. The Hall–Kier alpha value is -0.570. The van der Waals surface area contributed by atoms with Gasteiger partial charge in [-0.15, -0.1) is 0 Å². The number of carbonyl (C=O) groups excluding carboxylic acids is 1. The SMILES string of the molecule is CC1CC(C)CN(C(=O)C2CC2N)C1. The van der Waals surface area contributed by atoms with Crippen LogP contribution < -0.4 is 5.73 Å². The van der Waals surface area contributed by atoms with Gasteiger partial charge in [0, 0.05) is 19.1 Å². The average molecular weight is 196 g/mol. The van der Waals surface area contributed by atoms with Crippen molar-refractivity contribution in [2.45, 2.75) is 32.7 Å². The normalized spacial score (nSPS) is 42.4. The van der Waals surface area contributed by atoms with E-state index in [0.717, 1.165) is 19.5 Å². The summed E-state index contributed by atoms with van der Waals surface area (Å²) in [6.45, 7) is 6.32. The quantitative estimate of drug-likeness (QED) is 0.675. The molecule has 3 heteroatoms. The highest BCUT2D eigenvalue weighted by molar-refractivity contribution is 5.82. The molecular weight excluding hydrogens is 176 g/mol. The molecule has 2 N–H and O–H groups in total. The van der Waals surface area contributed by atoms with E-state index in [4.69, 9.17) is 5.73 Å². The molecule has 0 radical (unpaired) electrons. The Morgan fingerprint density at radius 2 is 1.71 bits per heavy atom. The molecule has 0 spiro atoms. The maximum atomic E-state index is 11.9. The summed E-state index contributed by atoms with van der Waals surface area (Å²) >= 11 is 0. The number of hydrogen-bond acceptors (Lipinski definition) is 2. The Kier molecular flexibility index (Phi) is 2.52. The first-order valence-electron chi connectivity index (χ1n) is 5.62. The van der Waals surface area contributed by atoms with Crippen LogP contribution in [-0.4, -0.2) is 29.9 Å². The molecule has 2 aliphatic rings. The van der Waals surface area contributed by atoms with Crippen molar-refractivity contribution in [3.8, 4) is 0 Å². The van der Waals surface area contributed by atoms with Crippen LogP contribution in [-0.2, 0) is 4.79 Å². The molecule has 2 fully saturated rings. The third-order valence-electron chi connectivity index (χ3n) is 3.34. The van der Waals surface area contributed by atoms with Crippen molar-refractivity contribution in [2.75, 3.05) is 13.1 Å². The van der Waals surface area contributed by atoms with Gasteiger partial charge < -0.3 is 10.6 Å². The molecule has 2 rings (SSSR count). The van der Waals surface area contributed by atoms with Gasteiger partial charge in [-0.25, -0.2) is 0 Å². The monoisotopic (exact) mass is 196 g/mol. The minimum absolute atomic E-state index is 0.146. The lowest BCUT2D eigenvalue weighted by molar-refractivity contribution is -0.135. The van der Waals surface area contributed by atoms with Crippen LogP contribution in [0.15, 0.2) is 0 Å². The molecule has 3 nitrogen and oxygen atoms in total. The van der Waals surface area contributed by atoms with E-state index in [2.05, 4.69) is 13.8 Å². The lowest BCUT2D eigenvalue weighted by atomic mass is 9.91. The molecule has 1 aliphatic carbocycles. The molecule has 0 aromatic carbocycles. The van der Waals surface area contributed by atoms with Gasteiger partial charge >= 0.3 is 0 Å². The molecule has 14 heavy (non-hydrogen) atoms. The Morgan fingerprint density at radius 3 is 2.14 bits per heavy atom. The van der Waals surface area contributed by atoms with Gasteiger partial charge in [0.1, 0.15) is 0 Å². The van der Waals surface area contributed by atoms with Gasteiger partial charge in [-0.3, -0.25) is 4.79 Å². The third-order valence-corrected chi connectivity index (χ3v) is 3.34. The summed E-state index contributed by atoms with van der Waals surface area (Å²) in [5.41, 5.74) is 5.70.